The molecule has 0 spiro atoms. The summed E-state index contributed by atoms with van der Waals surface area (Å²) in [6, 6.07) is -3.04. The van der Waals surface area contributed by atoms with E-state index in [0.29, 0.717) is 65.9 Å². The lowest BCUT2D eigenvalue weighted by Crippen LogP contribution is -2.60. The van der Waals surface area contributed by atoms with E-state index >= 15 is 0 Å². The first-order valence-electron chi connectivity index (χ1n) is 25.3. The van der Waals surface area contributed by atoms with Gasteiger partial charge < -0.3 is 116 Å². The Bertz CT molecular complexity index is 1990. The van der Waals surface area contributed by atoms with Crippen molar-refractivity contribution < 1.29 is 101 Å². The molecule has 0 aliphatic carbocycles. The number of nitrogens with two attached hydrogens (primary N) is 4. The zero-order valence-corrected chi connectivity index (χ0v) is 45.2. The lowest BCUT2D eigenvalue weighted by atomic mass is 9.87. The van der Waals surface area contributed by atoms with Gasteiger partial charge in [-0.25, -0.2) is 19.6 Å². The third-order valence-corrected chi connectivity index (χ3v) is 11.4. The number of carbonyl (C=O) groups excluding carboxylic acids is 5. The molecule has 31 heteroatoms. The molecular formula is C48H82N10O21. The van der Waals surface area contributed by atoms with Crippen LogP contribution in [-0.4, -0.2) is 274 Å². The molecule has 0 saturated carbocycles. The number of ether oxygens (including phenoxy) is 12. The topological polar surface area (TPSA) is 445 Å². The molecule has 79 heavy (non-hydrogen) atoms. The molecule has 450 valence electrons. The average molecular weight is 1140 g/mol. The molecule has 2 aliphatic heterocycles. The van der Waals surface area contributed by atoms with Gasteiger partial charge in [0, 0.05) is 45.6 Å². The van der Waals surface area contributed by atoms with Crippen LogP contribution < -0.4 is 38.9 Å². The van der Waals surface area contributed by atoms with Crippen molar-refractivity contribution in [2.75, 3.05) is 153 Å². The number of esters is 2. The van der Waals surface area contributed by atoms with Gasteiger partial charge in [-0.1, -0.05) is 12.8 Å². The summed E-state index contributed by atoms with van der Waals surface area (Å²) < 4.78 is 66.1. The molecule has 0 aromatic carbocycles. The molecule has 0 saturated heterocycles. The Labute approximate surface area is 458 Å². The summed E-state index contributed by atoms with van der Waals surface area (Å²) in [5.41, 5.74) is 22.4. The van der Waals surface area contributed by atoms with Crippen LogP contribution in [0.5, 0.6) is 0 Å². The van der Waals surface area contributed by atoms with Crippen molar-refractivity contribution in [3.05, 3.63) is 23.7 Å². The van der Waals surface area contributed by atoms with Gasteiger partial charge in [-0.2, -0.15) is 0 Å². The number of hydrogen-bond donors (Lipinski definition) is 11. The fraction of sp³-hybridized carbons (Fsp3) is 0.729. The van der Waals surface area contributed by atoms with Crippen molar-refractivity contribution in [2.24, 2.45) is 38.8 Å². The number of aliphatic imine (C=N–C) groups is 2. The summed E-state index contributed by atoms with van der Waals surface area (Å²) >= 11 is 0. The number of aliphatic hydroxyl groups excluding tert-OH is 4. The van der Waals surface area contributed by atoms with E-state index in [0.717, 1.165) is 14.2 Å². The van der Waals surface area contributed by atoms with E-state index in [1.54, 1.807) is 6.92 Å². The van der Waals surface area contributed by atoms with Gasteiger partial charge in [-0.15, -0.1) is 6.42 Å². The van der Waals surface area contributed by atoms with Gasteiger partial charge in [0.1, 0.15) is 50.3 Å². The minimum atomic E-state index is -1.67. The standard InChI is InChI=1S/C48H82N10O21/c1-6-12-70-18-20-74-22-23-75-21-19-73-17-11-58(9-15-71-13-7-53-38(64)28-76-42(34(62)26-59)41-30(2)32(56-47(49)50)24-36(78-41)45(66)68-4)10-16-72-14-8-54-39(65)29-77-43(35(63)27-60)44-40(55-31(3)61)33(57-48(51)52)25-37(79-44)46(67)69-5/h1,24-25,30,32-35,40-44,59-60,62-63H,7-23,26-29H2,2-5H3,(H,53,64)(H,54,65)(H,55,61)(H4,49,50,56)(H4,51,52,57)/t30-,32+,33+,34-,35-,40-,41-,42-,43-,44-/m1/s1. The number of nitrogens with one attached hydrogen (secondary N) is 3. The van der Waals surface area contributed by atoms with Crippen LogP contribution in [-0.2, 0) is 80.8 Å². The Hall–Kier alpha value is -5.99. The highest BCUT2D eigenvalue weighted by Crippen LogP contribution is 2.31. The lowest BCUT2D eigenvalue weighted by Gasteiger charge is -2.40. The minimum Gasteiger partial charge on any atom is -0.480 e. The van der Waals surface area contributed by atoms with Gasteiger partial charge in [-0.3, -0.25) is 19.3 Å². The molecule has 0 bridgehead atoms. The summed E-state index contributed by atoms with van der Waals surface area (Å²) in [6.45, 7) is 4.90. The maximum atomic E-state index is 12.9. The summed E-state index contributed by atoms with van der Waals surface area (Å²) in [7, 11) is 2.24. The number of guanidine groups is 2. The quantitative estimate of drug-likeness (QED) is 0.00889. The van der Waals surface area contributed by atoms with Crippen molar-refractivity contribution in [3.8, 4) is 12.3 Å². The zero-order chi connectivity index (χ0) is 58.5. The zero-order valence-electron chi connectivity index (χ0n) is 45.2. The second-order valence-electron chi connectivity index (χ2n) is 17.3. The number of hydrogen-bond acceptors (Lipinski definition) is 24. The van der Waals surface area contributed by atoms with Crippen LogP contribution in [0.2, 0.25) is 0 Å². The van der Waals surface area contributed by atoms with Gasteiger partial charge in [0.15, 0.2) is 18.0 Å². The Morgan fingerprint density at radius 1 is 0.658 bits per heavy atom. The van der Waals surface area contributed by atoms with E-state index in [1.807, 2.05) is 4.90 Å². The van der Waals surface area contributed by atoms with Gasteiger partial charge in [0.05, 0.1) is 118 Å². The Morgan fingerprint density at radius 3 is 1.49 bits per heavy atom. The smallest absolute Gasteiger partial charge is 0.373 e. The molecule has 10 atom stereocenters. The second-order valence-corrected chi connectivity index (χ2v) is 17.3. The highest BCUT2D eigenvalue weighted by molar-refractivity contribution is 5.87. The predicted molar refractivity (Wildman–Crippen MR) is 278 cm³/mol. The number of terminal acetylenes is 1. The van der Waals surface area contributed by atoms with E-state index < -0.39 is 123 Å². The lowest BCUT2D eigenvalue weighted by molar-refractivity contribution is -0.161. The molecule has 2 heterocycles. The normalized spacial score (nSPS) is 20.3. The Balaban J connectivity index is 1.93. The van der Waals surface area contributed by atoms with E-state index in [-0.39, 0.29) is 63.6 Å². The highest BCUT2D eigenvalue weighted by atomic mass is 16.6. The molecule has 0 aromatic heterocycles. The van der Waals surface area contributed by atoms with Crippen LogP contribution in [0.4, 0.5) is 0 Å². The van der Waals surface area contributed by atoms with Crippen LogP contribution in [0.15, 0.2) is 33.7 Å². The van der Waals surface area contributed by atoms with Gasteiger partial charge in [-0.05, 0) is 12.2 Å². The van der Waals surface area contributed by atoms with Crippen LogP contribution in [0.25, 0.3) is 0 Å². The molecule has 0 fully saturated rings. The summed E-state index contributed by atoms with van der Waals surface area (Å²) in [4.78, 5) is 73.0. The molecular weight excluding hydrogens is 1050 g/mol. The van der Waals surface area contributed by atoms with Crippen molar-refractivity contribution in [1.82, 2.24) is 20.9 Å². The number of carbonyl (C=O) groups is 5. The monoisotopic (exact) mass is 1130 g/mol. The molecule has 0 unspecified atom stereocenters. The van der Waals surface area contributed by atoms with Crippen molar-refractivity contribution in [3.63, 3.8) is 0 Å². The largest absolute Gasteiger partial charge is 0.480 e. The van der Waals surface area contributed by atoms with Crippen molar-refractivity contribution in [1.29, 1.82) is 0 Å². The Morgan fingerprint density at radius 2 is 1.06 bits per heavy atom. The first kappa shape index (κ1) is 69.1. The maximum absolute atomic E-state index is 12.9. The number of nitrogens with zero attached hydrogens (tertiary/aromatic N) is 3. The van der Waals surface area contributed by atoms with Crippen LogP contribution in [0, 0.1) is 18.3 Å². The summed E-state index contributed by atoms with van der Waals surface area (Å²) in [6.07, 6.45) is -0.784. The third-order valence-electron chi connectivity index (χ3n) is 11.4. The van der Waals surface area contributed by atoms with E-state index in [1.165, 1.54) is 19.1 Å². The summed E-state index contributed by atoms with van der Waals surface area (Å²) in [5, 5.41) is 49.0. The molecule has 15 N–H and O–H groups in total. The highest BCUT2D eigenvalue weighted by Gasteiger charge is 2.46. The number of amides is 3. The SMILES string of the molecule is C#CCOCCOCCOCCOCCN(CCOCCNC(=O)CO[C@@H]([C@@H]1OC(C(=O)OC)=C[C@H](N=C(N)N)[C@H]1C)[C@H](O)CO)CCOCCNC(=O)CO[C@@H]([C@@H]1OC(C(=O)OC)=C[C@H](N=C(N)N)[C@H]1NC(C)=O)[C@H](O)CO. The van der Waals surface area contributed by atoms with Crippen LogP contribution in [0.1, 0.15) is 13.8 Å². The number of rotatable bonds is 42. The number of methoxy groups -OCH3 is 2. The molecule has 2 aliphatic rings. The van der Waals surface area contributed by atoms with Crippen LogP contribution >= 0.6 is 0 Å². The second kappa shape index (κ2) is 40.2. The molecule has 2 rings (SSSR count). The number of aliphatic hydroxyl groups is 4. The van der Waals surface area contributed by atoms with E-state index in [4.69, 9.17) is 86.2 Å². The van der Waals surface area contributed by atoms with E-state index in [9.17, 15) is 44.4 Å². The fourth-order valence-electron chi connectivity index (χ4n) is 7.54. The Kier molecular flexibility index (Phi) is 35.2. The average Bonchev–Trinajstić information content (AvgIpc) is 3.45. The van der Waals surface area contributed by atoms with Crippen molar-refractivity contribution >= 4 is 41.6 Å². The molecule has 31 nitrogen and oxygen atoms in total. The van der Waals surface area contributed by atoms with E-state index in [2.05, 4.69) is 31.9 Å². The summed E-state index contributed by atoms with van der Waals surface area (Å²) in [5.74, 6) is -3.04. The van der Waals surface area contributed by atoms with Crippen LogP contribution in [0.3, 0.4) is 0 Å². The molecule has 3 amide bonds. The third kappa shape index (κ3) is 27.6. The van der Waals surface area contributed by atoms with Gasteiger partial charge in [0.2, 0.25) is 29.2 Å². The van der Waals surface area contributed by atoms with Gasteiger partial charge in [0.25, 0.3) is 0 Å². The minimum absolute atomic E-state index is 0.0446. The molecule has 0 aromatic rings. The predicted octanol–water partition coefficient (Wildman–Crippen LogP) is -6.93. The maximum Gasteiger partial charge on any atom is 0.373 e. The van der Waals surface area contributed by atoms with Crippen molar-refractivity contribution in [2.45, 2.75) is 68.6 Å². The first-order valence-corrected chi connectivity index (χ1v) is 25.3. The fourth-order valence-corrected chi connectivity index (χ4v) is 7.54. The molecule has 0 radical (unpaired) electrons. The van der Waals surface area contributed by atoms with Gasteiger partial charge >= 0.3 is 11.9 Å². The first-order chi connectivity index (χ1) is 37.9.